The summed E-state index contributed by atoms with van der Waals surface area (Å²) < 4.78 is 2.38. The van der Waals surface area contributed by atoms with Crippen molar-refractivity contribution in [2.45, 2.75) is 32.2 Å². The highest BCUT2D eigenvalue weighted by molar-refractivity contribution is 5.76. The Morgan fingerprint density at radius 2 is 1.81 bits per heavy atom. The van der Waals surface area contributed by atoms with Crippen LogP contribution in [0.25, 0.3) is 11.0 Å². The van der Waals surface area contributed by atoms with Crippen molar-refractivity contribution in [3.8, 4) is 0 Å². The van der Waals surface area contributed by atoms with Crippen molar-refractivity contribution in [3.05, 3.63) is 64.5 Å². The molecule has 1 saturated heterocycles. The maximum Gasteiger partial charge on any atom is 0.292 e. The lowest BCUT2D eigenvalue weighted by molar-refractivity contribution is -0.384. The number of nitro groups is 1. The largest absolute Gasteiger partial charge is 0.366 e. The van der Waals surface area contributed by atoms with Crippen LogP contribution in [0.5, 0.6) is 0 Å². The molecule has 134 valence electrons. The van der Waals surface area contributed by atoms with Crippen molar-refractivity contribution in [1.82, 2.24) is 9.55 Å². The number of nitrogens with zero attached hydrogens (tertiary/aromatic N) is 4. The van der Waals surface area contributed by atoms with Gasteiger partial charge in [-0.15, -0.1) is 0 Å². The summed E-state index contributed by atoms with van der Waals surface area (Å²) in [7, 11) is 0. The molecule has 0 unspecified atom stereocenters. The molecule has 0 bridgehead atoms. The highest BCUT2D eigenvalue weighted by atomic mass is 16.6. The lowest BCUT2D eigenvalue weighted by Crippen LogP contribution is -2.35. The van der Waals surface area contributed by atoms with Crippen molar-refractivity contribution in [3.63, 3.8) is 0 Å². The lowest BCUT2D eigenvalue weighted by Gasteiger charge is -2.34. The molecule has 1 aliphatic heterocycles. The fraction of sp³-hybridized carbons (Fsp3) is 0.350. The molecule has 0 amide bonds. The van der Waals surface area contributed by atoms with Crippen LogP contribution in [0.15, 0.2) is 48.5 Å². The molecule has 2 aromatic carbocycles. The molecule has 3 aromatic rings. The van der Waals surface area contributed by atoms with Crippen molar-refractivity contribution in [1.29, 1.82) is 0 Å². The lowest BCUT2D eigenvalue weighted by atomic mass is 10.0. The number of aromatic nitrogens is 2. The van der Waals surface area contributed by atoms with Crippen LogP contribution in [0.4, 0.5) is 11.4 Å². The van der Waals surface area contributed by atoms with Crippen molar-refractivity contribution < 1.29 is 4.92 Å². The molecule has 0 saturated carbocycles. The van der Waals surface area contributed by atoms with E-state index in [-0.39, 0.29) is 10.6 Å². The molecule has 6 nitrogen and oxygen atoms in total. The molecule has 0 spiro atoms. The zero-order valence-corrected chi connectivity index (χ0v) is 14.8. The quantitative estimate of drug-likeness (QED) is 0.518. The van der Waals surface area contributed by atoms with E-state index in [2.05, 4.69) is 34.6 Å². The second kappa shape index (κ2) is 6.78. The Bertz CT molecular complexity index is 942. The average molecular weight is 350 g/mol. The Hall–Kier alpha value is -2.89. The first-order chi connectivity index (χ1) is 12.7. The van der Waals surface area contributed by atoms with Crippen LogP contribution in [0.3, 0.4) is 0 Å². The smallest absolute Gasteiger partial charge is 0.292 e. The SMILES string of the molecule is CCc1nc2ccccc2n1C1CCN(c2ccccc2[N+](=O)[O-])CC1. The number of fused-ring (bicyclic) bond motifs is 1. The number of hydrogen-bond acceptors (Lipinski definition) is 4. The molecular formula is C20H22N4O2. The highest BCUT2D eigenvalue weighted by Crippen LogP contribution is 2.34. The summed E-state index contributed by atoms with van der Waals surface area (Å²) in [4.78, 5) is 17.9. The second-order valence-electron chi connectivity index (χ2n) is 6.70. The van der Waals surface area contributed by atoms with Gasteiger partial charge in [0.05, 0.1) is 16.0 Å². The van der Waals surface area contributed by atoms with Gasteiger partial charge < -0.3 is 9.47 Å². The van der Waals surface area contributed by atoms with Gasteiger partial charge in [0.15, 0.2) is 0 Å². The van der Waals surface area contributed by atoms with E-state index in [0.717, 1.165) is 49.4 Å². The topological polar surface area (TPSA) is 64.2 Å². The van der Waals surface area contributed by atoms with Gasteiger partial charge in [-0.05, 0) is 31.0 Å². The van der Waals surface area contributed by atoms with Crippen LogP contribution >= 0.6 is 0 Å². The van der Waals surface area contributed by atoms with E-state index < -0.39 is 0 Å². The molecule has 1 aliphatic rings. The maximum atomic E-state index is 11.3. The molecule has 1 aromatic heterocycles. The Labute approximate surface area is 152 Å². The molecule has 0 radical (unpaired) electrons. The van der Waals surface area contributed by atoms with Gasteiger partial charge in [0.2, 0.25) is 0 Å². The van der Waals surface area contributed by atoms with Crippen molar-refractivity contribution in [2.75, 3.05) is 18.0 Å². The van der Waals surface area contributed by atoms with E-state index >= 15 is 0 Å². The van der Waals surface area contributed by atoms with Gasteiger partial charge in [0.25, 0.3) is 5.69 Å². The van der Waals surface area contributed by atoms with E-state index in [1.807, 2.05) is 18.2 Å². The van der Waals surface area contributed by atoms with E-state index in [4.69, 9.17) is 4.98 Å². The molecule has 6 heteroatoms. The van der Waals surface area contributed by atoms with Crippen LogP contribution in [0.2, 0.25) is 0 Å². The number of para-hydroxylation sites is 4. The summed E-state index contributed by atoms with van der Waals surface area (Å²) in [5.41, 5.74) is 3.15. The van der Waals surface area contributed by atoms with E-state index in [0.29, 0.717) is 6.04 Å². The zero-order valence-electron chi connectivity index (χ0n) is 14.8. The summed E-state index contributed by atoms with van der Waals surface area (Å²) in [6, 6.07) is 15.7. The third kappa shape index (κ3) is 2.81. The predicted molar refractivity (Wildman–Crippen MR) is 103 cm³/mol. The first-order valence-electron chi connectivity index (χ1n) is 9.13. The number of hydrogen-bond donors (Lipinski definition) is 0. The van der Waals surface area contributed by atoms with Gasteiger partial charge in [-0.25, -0.2) is 4.98 Å². The number of rotatable bonds is 4. The molecule has 4 rings (SSSR count). The summed E-state index contributed by atoms with van der Waals surface area (Å²) >= 11 is 0. The van der Waals surface area contributed by atoms with Gasteiger partial charge in [-0.3, -0.25) is 10.1 Å². The summed E-state index contributed by atoms with van der Waals surface area (Å²) in [6.07, 6.45) is 2.82. The molecular weight excluding hydrogens is 328 g/mol. The zero-order chi connectivity index (χ0) is 18.1. The Morgan fingerprint density at radius 3 is 2.54 bits per heavy atom. The van der Waals surface area contributed by atoms with Crippen LogP contribution in [-0.4, -0.2) is 27.6 Å². The summed E-state index contributed by atoms with van der Waals surface area (Å²) in [5.74, 6) is 1.12. The Kier molecular flexibility index (Phi) is 4.32. The third-order valence-corrected chi connectivity index (χ3v) is 5.23. The fourth-order valence-corrected chi connectivity index (χ4v) is 4.00. The fourth-order valence-electron chi connectivity index (χ4n) is 4.00. The van der Waals surface area contributed by atoms with E-state index in [1.165, 1.54) is 5.52 Å². The molecule has 0 aliphatic carbocycles. The van der Waals surface area contributed by atoms with Crippen LogP contribution in [0, 0.1) is 10.1 Å². The minimum Gasteiger partial charge on any atom is -0.366 e. The van der Waals surface area contributed by atoms with E-state index in [1.54, 1.807) is 12.1 Å². The Morgan fingerprint density at radius 1 is 1.12 bits per heavy atom. The highest BCUT2D eigenvalue weighted by Gasteiger charge is 2.27. The van der Waals surface area contributed by atoms with Crippen LogP contribution < -0.4 is 4.90 Å². The molecule has 1 fully saturated rings. The predicted octanol–water partition coefficient (Wildman–Crippen LogP) is 4.35. The number of benzene rings is 2. The van der Waals surface area contributed by atoms with Gasteiger partial charge >= 0.3 is 0 Å². The van der Waals surface area contributed by atoms with E-state index in [9.17, 15) is 10.1 Å². The monoisotopic (exact) mass is 350 g/mol. The normalized spacial score (nSPS) is 15.5. The first kappa shape index (κ1) is 16.6. The molecule has 0 N–H and O–H groups in total. The number of piperidine rings is 1. The van der Waals surface area contributed by atoms with Gasteiger partial charge in [-0.2, -0.15) is 0 Å². The molecule has 2 heterocycles. The van der Waals surface area contributed by atoms with Crippen LogP contribution in [-0.2, 0) is 6.42 Å². The summed E-state index contributed by atoms with van der Waals surface area (Å²) in [5, 5.41) is 11.3. The maximum absolute atomic E-state index is 11.3. The Balaban J connectivity index is 1.59. The minimum atomic E-state index is -0.292. The van der Waals surface area contributed by atoms with Gasteiger partial charge in [-0.1, -0.05) is 31.2 Å². The van der Waals surface area contributed by atoms with Gasteiger partial charge in [0.1, 0.15) is 11.5 Å². The average Bonchev–Trinajstić information content (AvgIpc) is 3.06. The first-order valence-corrected chi connectivity index (χ1v) is 9.13. The number of nitro benzene ring substituents is 1. The number of anilines is 1. The molecule has 0 atom stereocenters. The number of aryl methyl sites for hydroxylation is 1. The van der Waals surface area contributed by atoms with Crippen LogP contribution in [0.1, 0.15) is 31.6 Å². The van der Waals surface area contributed by atoms with Crippen molar-refractivity contribution >= 4 is 22.4 Å². The minimum absolute atomic E-state index is 0.188. The van der Waals surface area contributed by atoms with Crippen molar-refractivity contribution in [2.24, 2.45) is 0 Å². The summed E-state index contributed by atoms with van der Waals surface area (Å²) in [6.45, 7) is 3.76. The third-order valence-electron chi connectivity index (χ3n) is 5.23. The number of imidazole rings is 1. The standard InChI is InChI=1S/C20H22N4O2/c1-2-20-21-16-7-3-4-8-17(16)23(20)15-11-13-22(14-12-15)18-9-5-6-10-19(18)24(25)26/h3-10,15H,2,11-14H2,1H3. The van der Waals surface area contributed by atoms with Gasteiger partial charge in [0, 0.05) is 31.6 Å². The second-order valence-corrected chi connectivity index (χ2v) is 6.70. The molecule has 26 heavy (non-hydrogen) atoms.